The van der Waals surface area contributed by atoms with Crippen LogP contribution >= 0.6 is 0 Å². The maximum absolute atomic E-state index is 13.1. The van der Waals surface area contributed by atoms with E-state index < -0.39 is 10.0 Å². The molecule has 1 aliphatic heterocycles. The summed E-state index contributed by atoms with van der Waals surface area (Å²) in [5.74, 6) is 0. The first kappa shape index (κ1) is 19.9. The molecule has 0 fully saturated rings. The summed E-state index contributed by atoms with van der Waals surface area (Å²) < 4.78 is 29.8. The van der Waals surface area contributed by atoms with Crippen molar-refractivity contribution in [3.05, 3.63) is 64.1 Å². The number of rotatable bonds is 5. The monoisotopic (exact) mass is 414 g/mol. The van der Waals surface area contributed by atoms with Crippen LogP contribution in [0.15, 0.2) is 52.2 Å². The molecule has 0 bridgehead atoms. The molecule has 1 aromatic heterocycles. The lowest BCUT2D eigenvalue weighted by Crippen LogP contribution is -2.36. The van der Waals surface area contributed by atoms with Crippen LogP contribution in [0.5, 0.6) is 0 Å². The van der Waals surface area contributed by atoms with Crippen molar-refractivity contribution in [1.82, 2.24) is 18.3 Å². The van der Waals surface area contributed by atoms with Crippen LogP contribution < -0.4 is 5.69 Å². The van der Waals surface area contributed by atoms with Crippen molar-refractivity contribution in [1.29, 1.82) is 0 Å². The predicted octanol–water partition coefficient (Wildman–Crippen LogP) is 2.09. The summed E-state index contributed by atoms with van der Waals surface area (Å²) in [6, 6.07) is 13.3. The molecule has 8 heteroatoms. The van der Waals surface area contributed by atoms with E-state index in [2.05, 4.69) is 23.1 Å². The lowest BCUT2D eigenvalue weighted by atomic mass is 10.0. The molecule has 0 atom stereocenters. The topological polar surface area (TPSA) is 67.5 Å². The minimum Gasteiger partial charge on any atom is -0.292 e. The standard InChI is InChI=1S/C21H26N4O3S/c1-4-24-19-10-9-18(29(27,28)22(2)3)13-20(19)25(21(24)26)15-23-12-11-16-7-5-6-8-17(16)14-23/h5-10,13H,4,11-12,14-15H2,1-3H3. The van der Waals surface area contributed by atoms with Crippen molar-refractivity contribution >= 4 is 21.1 Å². The van der Waals surface area contributed by atoms with Crippen LogP contribution in [0.25, 0.3) is 11.0 Å². The van der Waals surface area contributed by atoms with Gasteiger partial charge >= 0.3 is 5.69 Å². The Morgan fingerprint density at radius 1 is 1.00 bits per heavy atom. The highest BCUT2D eigenvalue weighted by atomic mass is 32.2. The zero-order valence-electron chi connectivity index (χ0n) is 17.0. The zero-order chi connectivity index (χ0) is 20.8. The Bertz CT molecular complexity index is 1220. The molecule has 0 spiro atoms. The van der Waals surface area contributed by atoms with E-state index in [4.69, 9.17) is 0 Å². The van der Waals surface area contributed by atoms with Crippen LogP contribution in [0.3, 0.4) is 0 Å². The minimum absolute atomic E-state index is 0.110. The van der Waals surface area contributed by atoms with E-state index in [1.165, 1.54) is 29.5 Å². The van der Waals surface area contributed by atoms with Gasteiger partial charge in [0.1, 0.15) is 0 Å². The van der Waals surface area contributed by atoms with Gasteiger partial charge in [0.05, 0.1) is 22.6 Å². The van der Waals surface area contributed by atoms with Crippen LogP contribution in [0.4, 0.5) is 0 Å². The summed E-state index contributed by atoms with van der Waals surface area (Å²) in [5, 5.41) is 0. The van der Waals surface area contributed by atoms with E-state index in [0.29, 0.717) is 18.7 Å². The SMILES string of the molecule is CCn1c(=O)n(CN2CCc3ccccc3C2)c2cc(S(=O)(=O)N(C)C)ccc21. The first-order valence-electron chi connectivity index (χ1n) is 9.77. The molecule has 2 aromatic carbocycles. The largest absolute Gasteiger partial charge is 0.330 e. The normalized spacial score (nSPS) is 15.2. The maximum Gasteiger partial charge on any atom is 0.330 e. The van der Waals surface area contributed by atoms with Gasteiger partial charge in [-0.3, -0.25) is 14.0 Å². The lowest BCUT2D eigenvalue weighted by Gasteiger charge is -2.28. The summed E-state index contributed by atoms with van der Waals surface area (Å²) in [6.45, 7) is 4.52. The summed E-state index contributed by atoms with van der Waals surface area (Å²) in [4.78, 5) is 15.5. The average molecular weight is 415 g/mol. The third-order valence-electron chi connectivity index (χ3n) is 5.64. The Kier molecular flexibility index (Phi) is 5.10. The van der Waals surface area contributed by atoms with Gasteiger partial charge in [-0.25, -0.2) is 17.5 Å². The fraction of sp³-hybridized carbons (Fsp3) is 0.381. The van der Waals surface area contributed by atoms with Crippen LogP contribution in [0, 0.1) is 0 Å². The second-order valence-electron chi connectivity index (χ2n) is 7.61. The average Bonchev–Trinajstić information content (AvgIpc) is 2.98. The molecule has 0 saturated heterocycles. The van der Waals surface area contributed by atoms with Gasteiger partial charge < -0.3 is 0 Å². The van der Waals surface area contributed by atoms with Gasteiger partial charge in [0.2, 0.25) is 10.0 Å². The van der Waals surface area contributed by atoms with E-state index in [0.717, 1.165) is 25.0 Å². The van der Waals surface area contributed by atoms with Gasteiger partial charge in [-0.05, 0) is 42.7 Å². The maximum atomic E-state index is 13.1. The van der Waals surface area contributed by atoms with Crippen molar-refractivity contribution < 1.29 is 8.42 Å². The molecule has 0 amide bonds. The molecule has 4 rings (SSSR count). The van der Waals surface area contributed by atoms with Gasteiger partial charge in [-0.1, -0.05) is 24.3 Å². The molecule has 29 heavy (non-hydrogen) atoms. The van der Waals surface area contributed by atoms with Crippen molar-refractivity contribution in [2.24, 2.45) is 0 Å². The van der Waals surface area contributed by atoms with Gasteiger partial charge in [-0.2, -0.15) is 0 Å². The molecule has 7 nitrogen and oxygen atoms in total. The Morgan fingerprint density at radius 2 is 1.72 bits per heavy atom. The van der Waals surface area contributed by atoms with Crippen molar-refractivity contribution in [2.45, 2.75) is 38.0 Å². The summed E-state index contributed by atoms with van der Waals surface area (Å²) in [5.41, 5.74) is 3.93. The van der Waals surface area contributed by atoms with Gasteiger partial charge in [0.15, 0.2) is 0 Å². The number of nitrogens with zero attached hydrogens (tertiary/aromatic N) is 4. The quantitative estimate of drug-likeness (QED) is 0.641. The molecule has 0 N–H and O–H groups in total. The van der Waals surface area contributed by atoms with Crippen LogP contribution in [-0.4, -0.2) is 47.4 Å². The van der Waals surface area contributed by atoms with E-state index in [1.807, 2.05) is 13.0 Å². The second kappa shape index (κ2) is 7.44. The van der Waals surface area contributed by atoms with Crippen LogP contribution in [0.2, 0.25) is 0 Å². The fourth-order valence-corrected chi connectivity index (χ4v) is 4.91. The Balaban J connectivity index is 1.77. The Hall–Kier alpha value is -2.42. The number of aryl methyl sites for hydroxylation is 1. The molecule has 0 aliphatic carbocycles. The highest BCUT2D eigenvalue weighted by Crippen LogP contribution is 2.23. The zero-order valence-corrected chi connectivity index (χ0v) is 17.8. The van der Waals surface area contributed by atoms with Crippen LogP contribution in [-0.2, 0) is 36.2 Å². The first-order chi connectivity index (χ1) is 13.8. The highest BCUT2D eigenvalue weighted by molar-refractivity contribution is 7.89. The second-order valence-corrected chi connectivity index (χ2v) is 9.76. The molecule has 3 aromatic rings. The van der Waals surface area contributed by atoms with Gasteiger partial charge in [-0.15, -0.1) is 0 Å². The van der Waals surface area contributed by atoms with Gasteiger partial charge in [0.25, 0.3) is 0 Å². The number of aromatic nitrogens is 2. The van der Waals surface area contributed by atoms with Crippen molar-refractivity contribution in [3.8, 4) is 0 Å². The smallest absolute Gasteiger partial charge is 0.292 e. The Labute approximate surface area is 170 Å². The van der Waals surface area contributed by atoms with E-state index >= 15 is 0 Å². The summed E-state index contributed by atoms with van der Waals surface area (Å²) >= 11 is 0. The number of imidazole rings is 1. The molecule has 0 saturated carbocycles. The predicted molar refractivity (Wildman–Crippen MR) is 113 cm³/mol. The molecule has 1 aliphatic rings. The van der Waals surface area contributed by atoms with Crippen LogP contribution in [0.1, 0.15) is 18.1 Å². The number of hydrogen-bond donors (Lipinski definition) is 0. The summed E-state index contributed by atoms with van der Waals surface area (Å²) in [7, 11) is -0.556. The number of hydrogen-bond acceptors (Lipinski definition) is 4. The van der Waals surface area contributed by atoms with Gasteiger partial charge in [0, 0.05) is 33.7 Å². The van der Waals surface area contributed by atoms with Crippen molar-refractivity contribution in [3.63, 3.8) is 0 Å². The summed E-state index contributed by atoms with van der Waals surface area (Å²) in [6.07, 6.45) is 0.942. The third-order valence-corrected chi connectivity index (χ3v) is 7.45. The fourth-order valence-electron chi connectivity index (χ4n) is 3.99. The highest BCUT2D eigenvalue weighted by Gasteiger charge is 2.22. The lowest BCUT2D eigenvalue weighted by molar-refractivity contribution is 0.199. The number of fused-ring (bicyclic) bond motifs is 2. The molecule has 0 radical (unpaired) electrons. The van der Waals surface area contributed by atoms with E-state index in [1.54, 1.807) is 27.3 Å². The third kappa shape index (κ3) is 3.41. The minimum atomic E-state index is -3.57. The molecular formula is C21H26N4O3S. The van der Waals surface area contributed by atoms with Crippen molar-refractivity contribution in [2.75, 3.05) is 20.6 Å². The molecule has 154 valence electrons. The molecule has 0 unspecified atom stereocenters. The number of sulfonamides is 1. The molecular weight excluding hydrogens is 388 g/mol. The number of benzene rings is 2. The first-order valence-corrected chi connectivity index (χ1v) is 11.2. The molecule has 2 heterocycles. The van der Waals surface area contributed by atoms with E-state index in [-0.39, 0.29) is 10.6 Å². The van der Waals surface area contributed by atoms with E-state index in [9.17, 15) is 13.2 Å². The Morgan fingerprint density at radius 3 is 2.41 bits per heavy atom.